The topological polar surface area (TPSA) is 21.3 Å². The van der Waals surface area contributed by atoms with Crippen LogP contribution in [0.3, 0.4) is 0 Å². The minimum absolute atomic E-state index is 0.129. The Morgan fingerprint density at radius 1 is 1.40 bits per heavy atom. The Balaban J connectivity index is 4.02. The van der Waals surface area contributed by atoms with Gasteiger partial charge in [0, 0.05) is 12.1 Å². The van der Waals surface area contributed by atoms with Gasteiger partial charge >= 0.3 is 0 Å². The standard InChI is InChI=1S/C13H25NO/c1-10(2)15-12(4)8-11(3)9-14-13(5,6)7/h8,10,14H,3,9H2,1-2,4-7H3/b12-8-. The lowest BCUT2D eigenvalue weighted by molar-refractivity contribution is 0.149. The molecule has 1 N–H and O–H groups in total. The molecule has 0 bridgehead atoms. The van der Waals surface area contributed by atoms with Crippen LogP contribution in [0, 0.1) is 0 Å². The molecule has 0 aromatic carbocycles. The van der Waals surface area contributed by atoms with Gasteiger partial charge < -0.3 is 10.1 Å². The predicted molar refractivity (Wildman–Crippen MR) is 66.9 cm³/mol. The van der Waals surface area contributed by atoms with E-state index in [9.17, 15) is 0 Å². The molecule has 0 unspecified atom stereocenters. The minimum atomic E-state index is 0.129. The Hall–Kier alpha value is -0.760. The lowest BCUT2D eigenvalue weighted by atomic mass is 10.1. The van der Waals surface area contributed by atoms with Crippen LogP contribution in [-0.4, -0.2) is 18.2 Å². The summed E-state index contributed by atoms with van der Waals surface area (Å²) in [5.41, 5.74) is 1.17. The van der Waals surface area contributed by atoms with Crippen LogP contribution in [0.5, 0.6) is 0 Å². The number of nitrogens with one attached hydrogen (secondary N) is 1. The number of ether oxygens (including phenoxy) is 1. The van der Waals surface area contributed by atoms with E-state index in [0.717, 1.165) is 17.9 Å². The van der Waals surface area contributed by atoms with E-state index in [1.54, 1.807) is 0 Å². The molecule has 0 saturated heterocycles. The SMILES string of the molecule is C=C(/C=C(/C)OC(C)C)CNC(C)(C)C. The summed E-state index contributed by atoms with van der Waals surface area (Å²) in [6.45, 7) is 17.2. The fraction of sp³-hybridized carbons (Fsp3) is 0.692. The number of hydrogen-bond donors (Lipinski definition) is 1. The van der Waals surface area contributed by atoms with Gasteiger partial charge in [-0.1, -0.05) is 6.58 Å². The van der Waals surface area contributed by atoms with Crippen LogP contribution in [-0.2, 0) is 4.74 Å². The zero-order chi connectivity index (χ0) is 12.1. The Morgan fingerprint density at radius 2 is 1.93 bits per heavy atom. The lowest BCUT2D eigenvalue weighted by Gasteiger charge is -2.20. The Kier molecular flexibility index (Phi) is 5.66. The first-order valence-electron chi connectivity index (χ1n) is 5.48. The van der Waals surface area contributed by atoms with Crippen molar-refractivity contribution in [2.75, 3.05) is 6.54 Å². The van der Waals surface area contributed by atoms with Gasteiger partial charge in [-0.2, -0.15) is 0 Å². The highest BCUT2D eigenvalue weighted by atomic mass is 16.5. The van der Waals surface area contributed by atoms with Gasteiger partial charge in [0.1, 0.15) is 0 Å². The molecule has 15 heavy (non-hydrogen) atoms. The molecule has 2 nitrogen and oxygen atoms in total. The van der Waals surface area contributed by atoms with E-state index in [2.05, 4.69) is 32.7 Å². The third kappa shape index (κ3) is 9.54. The maximum absolute atomic E-state index is 5.53. The first-order valence-corrected chi connectivity index (χ1v) is 5.48. The van der Waals surface area contributed by atoms with Crippen LogP contribution in [0.1, 0.15) is 41.5 Å². The molecule has 0 aromatic rings. The Bertz CT molecular complexity index is 233. The van der Waals surface area contributed by atoms with Crippen LogP contribution >= 0.6 is 0 Å². The van der Waals surface area contributed by atoms with Crippen molar-refractivity contribution in [3.8, 4) is 0 Å². The molecule has 0 rings (SSSR count). The summed E-state index contributed by atoms with van der Waals surface area (Å²) in [5, 5.41) is 3.38. The average Bonchev–Trinajstić information content (AvgIpc) is 1.97. The van der Waals surface area contributed by atoms with Crippen molar-refractivity contribution in [3.63, 3.8) is 0 Å². The lowest BCUT2D eigenvalue weighted by Crippen LogP contribution is -2.36. The second-order valence-corrected chi connectivity index (χ2v) is 5.18. The third-order valence-electron chi connectivity index (χ3n) is 1.67. The zero-order valence-electron chi connectivity index (χ0n) is 11.0. The van der Waals surface area contributed by atoms with Crippen molar-refractivity contribution in [2.24, 2.45) is 0 Å². The van der Waals surface area contributed by atoms with Gasteiger partial charge in [0.15, 0.2) is 0 Å². The van der Waals surface area contributed by atoms with Crippen molar-refractivity contribution < 1.29 is 4.74 Å². The molecular formula is C13H25NO. The van der Waals surface area contributed by atoms with E-state index in [1.807, 2.05) is 26.8 Å². The number of allylic oxidation sites excluding steroid dienone is 1. The summed E-state index contributed by atoms with van der Waals surface area (Å²) in [6.07, 6.45) is 2.21. The quantitative estimate of drug-likeness (QED) is 0.556. The van der Waals surface area contributed by atoms with Crippen LogP contribution in [0.25, 0.3) is 0 Å². The molecule has 0 aliphatic carbocycles. The largest absolute Gasteiger partial charge is 0.496 e. The second-order valence-electron chi connectivity index (χ2n) is 5.18. The normalized spacial score (nSPS) is 13.1. The van der Waals surface area contributed by atoms with Gasteiger partial charge in [0.25, 0.3) is 0 Å². The van der Waals surface area contributed by atoms with E-state index in [-0.39, 0.29) is 11.6 Å². The monoisotopic (exact) mass is 211 g/mol. The average molecular weight is 211 g/mol. The summed E-state index contributed by atoms with van der Waals surface area (Å²) >= 11 is 0. The van der Waals surface area contributed by atoms with Crippen molar-refractivity contribution in [3.05, 3.63) is 24.0 Å². The predicted octanol–water partition coefficient (Wildman–Crippen LogP) is 3.26. The van der Waals surface area contributed by atoms with Gasteiger partial charge in [-0.3, -0.25) is 0 Å². The van der Waals surface area contributed by atoms with Gasteiger partial charge in [-0.15, -0.1) is 0 Å². The third-order valence-corrected chi connectivity index (χ3v) is 1.67. The molecular weight excluding hydrogens is 186 g/mol. The molecule has 0 atom stereocenters. The molecule has 0 aliphatic heterocycles. The van der Waals surface area contributed by atoms with Gasteiger partial charge in [-0.05, 0) is 53.2 Å². The maximum Gasteiger partial charge on any atom is 0.0935 e. The summed E-state index contributed by atoms with van der Waals surface area (Å²) in [5.74, 6) is 0.922. The molecule has 0 amide bonds. The van der Waals surface area contributed by atoms with Crippen molar-refractivity contribution in [1.82, 2.24) is 5.32 Å². The van der Waals surface area contributed by atoms with E-state index in [1.165, 1.54) is 0 Å². The molecule has 0 aliphatic rings. The maximum atomic E-state index is 5.53. The molecule has 0 heterocycles. The van der Waals surface area contributed by atoms with Crippen molar-refractivity contribution in [2.45, 2.75) is 53.2 Å². The summed E-state index contributed by atoms with van der Waals surface area (Å²) in [4.78, 5) is 0. The van der Waals surface area contributed by atoms with Crippen LogP contribution in [0.15, 0.2) is 24.0 Å². The number of hydrogen-bond acceptors (Lipinski definition) is 2. The highest BCUT2D eigenvalue weighted by Gasteiger charge is 2.08. The molecule has 0 fully saturated rings. The van der Waals surface area contributed by atoms with E-state index >= 15 is 0 Å². The van der Waals surface area contributed by atoms with Gasteiger partial charge in [0.2, 0.25) is 0 Å². The fourth-order valence-electron chi connectivity index (χ4n) is 1.12. The Morgan fingerprint density at radius 3 is 2.33 bits per heavy atom. The first-order chi connectivity index (χ1) is 6.70. The molecule has 2 heteroatoms. The Labute approximate surface area is 94.4 Å². The smallest absolute Gasteiger partial charge is 0.0935 e. The van der Waals surface area contributed by atoms with Crippen LogP contribution in [0.2, 0.25) is 0 Å². The molecule has 0 radical (unpaired) electrons. The summed E-state index contributed by atoms with van der Waals surface area (Å²) < 4.78 is 5.53. The van der Waals surface area contributed by atoms with Crippen molar-refractivity contribution >= 4 is 0 Å². The zero-order valence-corrected chi connectivity index (χ0v) is 11.0. The summed E-state index contributed by atoms with van der Waals surface area (Å²) in [6, 6.07) is 0. The van der Waals surface area contributed by atoms with E-state index in [0.29, 0.717) is 0 Å². The highest BCUT2D eigenvalue weighted by Crippen LogP contribution is 2.06. The van der Waals surface area contributed by atoms with E-state index < -0.39 is 0 Å². The first kappa shape index (κ1) is 14.2. The summed E-state index contributed by atoms with van der Waals surface area (Å²) in [7, 11) is 0. The van der Waals surface area contributed by atoms with Crippen molar-refractivity contribution in [1.29, 1.82) is 0 Å². The molecule has 0 saturated carbocycles. The minimum Gasteiger partial charge on any atom is -0.496 e. The second kappa shape index (κ2) is 5.96. The fourth-order valence-corrected chi connectivity index (χ4v) is 1.12. The van der Waals surface area contributed by atoms with Gasteiger partial charge in [0.05, 0.1) is 11.9 Å². The number of rotatable bonds is 5. The van der Waals surface area contributed by atoms with Gasteiger partial charge in [-0.25, -0.2) is 0 Å². The molecule has 0 aromatic heterocycles. The highest BCUT2D eigenvalue weighted by molar-refractivity contribution is 5.18. The van der Waals surface area contributed by atoms with Crippen LogP contribution in [0.4, 0.5) is 0 Å². The molecule has 0 spiro atoms. The molecule has 88 valence electrons. The van der Waals surface area contributed by atoms with Crippen LogP contribution < -0.4 is 5.32 Å². The van der Waals surface area contributed by atoms with E-state index in [4.69, 9.17) is 4.74 Å².